The van der Waals surface area contributed by atoms with Crippen molar-refractivity contribution in [2.45, 2.75) is 39.3 Å². The van der Waals surface area contributed by atoms with Gasteiger partial charge in [0.2, 0.25) is 11.9 Å². The van der Waals surface area contributed by atoms with Gasteiger partial charge < -0.3 is 10.1 Å². The SMILES string of the molecule is CCOC(=O)C1NC(=O)C(CC(C)C)N(O)C1=O. The van der Waals surface area contributed by atoms with Crippen LogP contribution < -0.4 is 5.32 Å². The number of nitrogens with one attached hydrogen (secondary N) is 1. The van der Waals surface area contributed by atoms with E-state index in [1.807, 2.05) is 13.8 Å². The maximum Gasteiger partial charge on any atom is 0.338 e. The zero-order valence-corrected chi connectivity index (χ0v) is 10.7. The first-order chi connectivity index (χ1) is 8.38. The highest BCUT2D eigenvalue weighted by atomic mass is 16.5. The minimum atomic E-state index is -1.45. The Labute approximate surface area is 105 Å². The molecule has 1 fully saturated rings. The zero-order valence-electron chi connectivity index (χ0n) is 10.7. The quantitative estimate of drug-likeness (QED) is 0.409. The van der Waals surface area contributed by atoms with E-state index in [-0.39, 0.29) is 12.5 Å². The summed E-state index contributed by atoms with van der Waals surface area (Å²) in [5.74, 6) is -2.15. The molecule has 2 unspecified atom stereocenters. The maximum atomic E-state index is 11.7. The number of nitrogens with zero attached hydrogens (tertiary/aromatic N) is 1. The topological polar surface area (TPSA) is 95.9 Å². The summed E-state index contributed by atoms with van der Waals surface area (Å²) in [4.78, 5) is 34.9. The van der Waals surface area contributed by atoms with Crippen LogP contribution in [0.25, 0.3) is 0 Å². The number of amides is 2. The van der Waals surface area contributed by atoms with Crippen LogP contribution in [0.1, 0.15) is 27.2 Å². The van der Waals surface area contributed by atoms with Crippen molar-refractivity contribution < 1.29 is 24.3 Å². The Balaban J connectivity index is 2.80. The smallest absolute Gasteiger partial charge is 0.338 e. The summed E-state index contributed by atoms with van der Waals surface area (Å²) in [7, 11) is 0. The summed E-state index contributed by atoms with van der Waals surface area (Å²) in [6, 6.07) is -2.41. The fourth-order valence-corrected chi connectivity index (χ4v) is 1.74. The van der Waals surface area contributed by atoms with Gasteiger partial charge in [-0.2, -0.15) is 0 Å². The molecule has 102 valence electrons. The molecule has 0 aromatic rings. The molecule has 1 aliphatic heterocycles. The highest BCUT2D eigenvalue weighted by molar-refractivity contribution is 6.08. The molecule has 0 radical (unpaired) electrons. The summed E-state index contributed by atoms with van der Waals surface area (Å²) in [6.07, 6.45) is 0.323. The van der Waals surface area contributed by atoms with Crippen LogP contribution in [0.5, 0.6) is 0 Å². The van der Waals surface area contributed by atoms with Gasteiger partial charge in [-0.25, -0.2) is 9.86 Å². The zero-order chi connectivity index (χ0) is 13.9. The Morgan fingerprint density at radius 1 is 1.50 bits per heavy atom. The van der Waals surface area contributed by atoms with Crippen molar-refractivity contribution in [1.29, 1.82) is 0 Å². The van der Waals surface area contributed by atoms with Crippen LogP contribution in [0.4, 0.5) is 0 Å². The predicted octanol–water partition coefficient (Wildman–Crippen LogP) is -0.320. The average Bonchev–Trinajstić information content (AvgIpc) is 2.29. The van der Waals surface area contributed by atoms with Crippen LogP contribution in [0.3, 0.4) is 0 Å². The second-order valence-corrected chi connectivity index (χ2v) is 4.52. The fraction of sp³-hybridized carbons (Fsp3) is 0.727. The Kier molecular flexibility index (Phi) is 4.66. The molecule has 18 heavy (non-hydrogen) atoms. The Hall–Kier alpha value is -1.63. The lowest BCUT2D eigenvalue weighted by Crippen LogP contribution is -2.65. The van der Waals surface area contributed by atoms with E-state index in [9.17, 15) is 19.6 Å². The largest absolute Gasteiger partial charge is 0.464 e. The molecule has 0 aromatic carbocycles. The number of hydroxylamine groups is 2. The number of piperazine rings is 1. The summed E-state index contributed by atoms with van der Waals surface area (Å²) in [5, 5.41) is 12.3. The second-order valence-electron chi connectivity index (χ2n) is 4.52. The summed E-state index contributed by atoms with van der Waals surface area (Å²) in [5.41, 5.74) is 0. The van der Waals surface area contributed by atoms with Gasteiger partial charge in [-0.3, -0.25) is 14.8 Å². The monoisotopic (exact) mass is 258 g/mol. The van der Waals surface area contributed by atoms with E-state index in [0.717, 1.165) is 0 Å². The van der Waals surface area contributed by atoms with E-state index >= 15 is 0 Å². The number of carbonyl (C=O) groups is 3. The first-order valence-electron chi connectivity index (χ1n) is 5.87. The Morgan fingerprint density at radius 3 is 2.61 bits per heavy atom. The van der Waals surface area contributed by atoms with Crippen molar-refractivity contribution >= 4 is 17.8 Å². The molecule has 7 heteroatoms. The lowest BCUT2D eigenvalue weighted by Gasteiger charge is -2.34. The number of hydrogen-bond donors (Lipinski definition) is 2. The van der Waals surface area contributed by atoms with E-state index in [4.69, 9.17) is 0 Å². The van der Waals surface area contributed by atoms with Crippen molar-refractivity contribution in [2.75, 3.05) is 6.61 Å². The van der Waals surface area contributed by atoms with Crippen molar-refractivity contribution in [2.24, 2.45) is 5.92 Å². The van der Waals surface area contributed by atoms with Crippen molar-refractivity contribution in [3.8, 4) is 0 Å². The lowest BCUT2D eigenvalue weighted by molar-refractivity contribution is -0.193. The first-order valence-corrected chi connectivity index (χ1v) is 5.87. The molecule has 1 heterocycles. The third-order valence-electron chi connectivity index (χ3n) is 2.57. The van der Waals surface area contributed by atoms with E-state index < -0.39 is 29.9 Å². The van der Waals surface area contributed by atoms with Crippen LogP contribution >= 0.6 is 0 Å². The lowest BCUT2D eigenvalue weighted by atomic mass is 10.00. The maximum absolute atomic E-state index is 11.7. The van der Waals surface area contributed by atoms with Gasteiger partial charge in [0.05, 0.1) is 6.61 Å². The third kappa shape index (κ3) is 2.98. The van der Waals surface area contributed by atoms with E-state index in [2.05, 4.69) is 10.1 Å². The van der Waals surface area contributed by atoms with Gasteiger partial charge in [0.25, 0.3) is 5.91 Å². The van der Waals surface area contributed by atoms with Crippen molar-refractivity contribution in [1.82, 2.24) is 10.4 Å². The number of hydrogen-bond acceptors (Lipinski definition) is 5. The minimum absolute atomic E-state index is 0.0966. The Morgan fingerprint density at radius 2 is 2.11 bits per heavy atom. The van der Waals surface area contributed by atoms with Crippen molar-refractivity contribution in [3.63, 3.8) is 0 Å². The number of ether oxygens (including phenoxy) is 1. The van der Waals surface area contributed by atoms with Gasteiger partial charge in [-0.1, -0.05) is 13.8 Å². The van der Waals surface area contributed by atoms with E-state index in [0.29, 0.717) is 11.5 Å². The summed E-state index contributed by atoms with van der Waals surface area (Å²) < 4.78 is 4.65. The van der Waals surface area contributed by atoms with Gasteiger partial charge in [0, 0.05) is 0 Å². The van der Waals surface area contributed by atoms with Crippen LogP contribution in [0.2, 0.25) is 0 Å². The van der Waals surface area contributed by atoms with Crippen LogP contribution in [0, 0.1) is 5.92 Å². The van der Waals surface area contributed by atoms with Gasteiger partial charge in [0.15, 0.2) is 0 Å². The molecule has 2 N–H and O–H groups in total. The summed E-state index contributed by atoms with van der Waals surface area (Å²) >= 11 is 0. The molecule has 1 saturated heterocycles. The molecule has 0 saturated carbocycles. The molecule has 1 aliphatic rings. The predicted molar refractivity (Wildman–Crippen MR) is 60.4 cm³/mol. The van der Waals surface area contributed by atoms with Gasteiger partial charge >= 0.3 is 5.97 Å². The average molecular weight is 258 g/mol. The molecular weight excluding hydrogens is 240 g/mol. The molecule has 2 atom stereocenters. The Bertz CT molecular complexity index is 355. The molecule has 0 bridgehead atoms. The highest BCUT2D eigenvalue weighted by Gasteiger charge is 2.44. The molecule has 0 aliphatic carbocycles. The normalized spacial score (nSPS) is 24.2. The first kappa shape index (κ1) is 14.4. The molecule has 0 spiro atoms. The standard InChI is InChI=1S/C11H18N2O5/c1-4-18-11(16)8-10(15)13(17)7(5-6(2)3)9(14)12-8/h6-8,17H,4-5H2,1-3H3,(H,12,14). The van der Waals surface area contributed by atoms with Crippen LogP contribution in [0.15, 0.2) is 0 Å². The fourth-order valence-electron chi connectivity index (χ4n) is 1.74. The third-order valence-corrected chi connectivity index (χ3v) is 2.57. The summed E-state index contributed by atoms with van der Waals surface area (Å²) in [6.45, 7) is 5.41. The number of esters is 1. The van der Waals surface area contributed by atoms with E-state index in [1.165, 1.54) is 0 Å². The molecular formula is C11H18N2O5. The molecule has 2 amide bonds. The molecule has 0 aromatic heterocycles. The van der Waals surface area contributed by atoms with Gasteiger partial charge in [0.1, 0.15) is 6.04 Å². The van der Waals surface area contributed by atoms with Crippen LogP contribution in [-0.4, -0.2) is 46.7 Å². The van der Waals surface area contributed by atoms with Crippen molar-refractivity contribution in [3.05, 3.63) is 0 Å². The molecule has 1 rings (SSSR count). The van der Waals surface area contributed by atoms with Crippen LogP contribution in [-0.2, 0) is 19.1 Å². The second kappa shape index (κ2) is 5.81. The number of rotatable bonds is 4. The van der Waals surface area contributed by atoms with Gasteiger partial charge in [-0.05, 0) is 19.3 Å². The highest BCUT2D eigenvalue weighted by Crippen LogP contribution is 2.16. The van der Waals surface area contributed by atoms with Gasteiger partial charge in [-0.15, -0.1) is 0 Å². The molecule has 7 nitrogen and oxygen atoms in total. The van der Waals surface area contributed by atoms with E-state index in [1.54, 1.807) is 6.92 Å². The number of carbonyl (C=O) groups excluding carboxylic acids is 3. The minimum Gasteiger partial charge on any atom is -0.464 e.